The molecule has 0 bridgehead atoms. The molecule has 0 saturated carbocycles. The van der Waals surface area contributed by atoms with Gasteiger partial charge in [-0.05, 0) is 24.6 Å². The van der Waals surface area contributed by atoms with Crippen molar-refractivity contribution in [1.29, 1.82) is 0 Å². The highest BCUT2D eigenvalue weighted by Crippen LogP contribution is 2.15. The highest BCUT2D eigenvalue weighted by molar-refractivity contribution is 7.89. The molecule has 1 aromatic carbocycles. The Morgan fingerprint density at radius 3 is 2.58 bits per heavy atom. The lowest BCUT2D eigenvalue weighted by molar-refractivity contribution is 0.0691. The van der Waals surface area contributed by atoms with Crippen LogP contribution in [0.25, 0.3) is 0 Å². The third kappa shape index (κ3) is 3.72. The molecule has 0 radical (unpaired) electrons. The topological polar surface area (TPSA) is 104 Å². The zero-order valence-electron chi connectivity index (χ0n) is 10.1. The van der Waals surface area contributed by atoms with E-state index < -0.39 is 33.4 Å². The molecule has 106 valence electrons. The number of carboxylic acids is 1. The maximum Gasteiger partial charge on any atom is 0.338 e. The number of hydrogen-bond donors (Lipinski definition) is 3. The minimum atomic E-state index is -4.00. The highest BCUT2D eigenvalue weighted by Gasteiger charge is 2.21. The van der Waals surface area contributed by atoms with E-state index in [1.807, 2.05) is 0 Å². The van der Waals surface area contributed by atoms with Crippen molar-refractivity contribution in [2.75, 3.05) is 6.61 Å². The van der Waals surface area contributed by atoms with Gasteiger partial charge in [0.05, 0.1) is 17.1 Å². The second-order valence-corrected chi connectivity index (χ2v) is 5.57. The van der Waals surface area contributed by atoms with Crippen molar-refractivity contribution < 1.29 is 27.8 Å². The molecule has 0 amide bonds. The predicted molar refractivity (Wildman–Crippen MR) is 64.8 cm³/mol. The molecular weight excluding hydrogens is 277 g/mol. The van der Waals surface area contributed by atoms with E-state index in [4.69, 9.17) is 10.2 Å². The summed E-state index contributed by atoms with van der Waals surface area (Å²) in [6.45, 7) is 1.29. The summed E-state index contributed by atoms with van der Waals surface area (Å²) in [5.74, 6) is -2.57. The molecule has 0 aromatic heterocycles. The van der Waals surface area contributed by atoms with E-state index in [-0.39, 0.29) is 11.5 Å². The second-order valence-electron chi connectivity index (χ2n) is 3.86. The molecule has 1 aromatic rings. The molecule has 6 nitrogen and oxygen atoms in total. The Kier molecular flexibility index (Phi) is 4.98. The quantitative estimate of drug-likeness (QED) is 0.711. The first-order chi connectivity index (χ1) is 8.81. The molecule has 8 heteroatoms. The van der Waals surface area contributed by atoms with Gasteiger partial charge in [-0.3, -0.25) is 0 Å². The number of nitrogens with one attached hydrogen (secondary N) is 1. The van der Waals surface area contributed by atoms with Crippen LogP contribution < -0.4 is 4.72 Å². The zero-order chi connectivity index (χ0) is 14.6. The lowest BCUT2D eigenvalue weighted by Gasteiger charge is -2.14. The summed E-state index contributed by atoms with van der Waals surface area (Å²) in [4.78, 5) is 10.4. The van der Waals surface area contributed by atoms with Gasteiger partial charge in [-0.25, -0.2) is 22.3 Å². The van der Waals surface area contributed by atoms with Gasteiger partial charge >= 0.3 is 5.97 Å². The number of aromatic carboxylic acids is 1. The molecule has 0 fully saturated rings. The average molecular weight is 291 g/mol. The number of halogens is 1. The van der Waals surface area contributed by atoms with Gasteiger partial charge in [0, 0.05) is 6.04 Å². The number of aliphatic hydroxyl groups is 1. The minimum absolute atomic E-state index is 0.363. The third-order valence-corrected chi connectivity index (χ3v) is 4.03. The van der Waals surface area contributed by atoms with Crippen LogP contribution in [0.4, 0.5) is 4.39 Å². The van der Waals surface area contributed by atoms with Crippen molar-refractivity contribution in [2.45, 2.75) is 24.3 Å². The first kappa shape index (κ1) is 15.5. The van der Waals surface area contributed by atoms with Gasteiger partial charge in [-0.1, -0.05) is 6.92 Å². The first-order valence-electron chi connectivity index (χ1n) is 5.47. The van der Waals surface area contributed by atoms with Gasteiger partial charge in [-0.15, -0.1) is 0 Å². The van der Waals surface area contributed by atoms with Crippen molar-refractivity contribution in [1.82, 2.24) is 4.72 Å². The van der Waals surface area contributed by atoms with Crippen LogP contribution in [0.3, 0.4) is 0 Å². The summed E-state index contributed by atoms with van der Waals surface area (Å²) in [6, 6.07) is 1.80. The van der Waals surface area contributed by atoms with Gasteiger partial charge in [-0.2, -0.15) is 0 Å². The lowest BCUT2D eigenvalue weighted by atomic mass is 10.2. The fourth-order valence-electron chi connectivity index (χ4n) is 1.37. The molecule has 0 spiro atoms. The number of carbonyl (C=O) groups is 1. The molecule has 1 rings (SSSR count). The van der Waals surface area contributed by atoms with Gasteiger partial charge in [0.1, 0.15) is 5.82 Å². The van der Waals surface area contributed by atoms with E-state index in [1.165, 1.54) is 0 Å². The summed E-state index contributed by atoms with van der Waals surface area (Å²) in [5, 5.41) is 17.7. The molecule has 0 aliphatic heterocycles. The fourth-order valence-corrected chi connectivity index (χ4v) is 2.71. The molecule has 0 heterocycles. The number of rotatable bonds is 6. The maximum absolute atomic E-state index is 13.2. The van der Waals surface area contributed by atoms with Crippen LogP contribution in [-0.4, -0.2) is 37.2 Å². The SMILES string of the molecule is CC[C@@H](CO)NS(=O)(=O)c1ccc(F)c(C(=O)O)c1. The fraction of sp³-hybridized carbons (Fsp3) is 0.364. The van der Waals surface area contributed by atoms with E-state index >= 15 is 0 Å². The van der Waals surface area contributed by atoms with Crippen LogP contribution in [0, 0.1) is 5.82 Å². The zero-order valence-corrected chi connectivity index (χ0v) is 10.9. The number of carboxylic acid groups (broad SMARTS) is 1. The Balaban J connectivity index is 3.15. The summed E-state index contributed by atoms with van der Waals surface area (Å²) in [7, 11) is -4.00. The van der Waals surface area contributed by atoms with E-state index in [0.29, 0.717) is 6.42 Å². The van der Waals surface area contributed by atoms with E-state index in [2.05, 4.69) is 4.72 Å². The summed E-state index contributed by atoms with van der Waals surface area (Å²) in [5.41, 5.74) is -0.722. The van der Waals surface area contributed by atoms with Crippen molar-refractivity contribution >= 4 is 16.0 Å². The lowest BCUT2D eigenvalue weighted by Crippen LogP contribution is -2.37. The van der Waals surface area contributed by atoms with Crippen LogP contribution in [-0.2, 0) is 10.0 Å². The summed E-state index contributed by atoms with van der Waals surface area (Å²) < 4.78 is 39.2. The molecule has 19 heavy (non-hydrogen) atoms. The van der Waals surface area contributed by atoms with E-state index in [9.17, 15) is 17.6 Å². The van der Waals surface area contributed by atoms with Crippen LogP contribution in [0.2, 0.25) is 0 Å². The standard InChI is InChI=1S/C11H14FNO5S/c1-2-7(6-14)13-19(17,18)8-3-4-10(12)9(5-8)11(15)16/h3-5,7,13-14H,2,6H2,1H3,(H,15,16)/t7-/m0/s1. The maximum atomic E-state index is 13.2. The average Bonchev–Trinajstić information content (AvgIpc) is 2.35. The molecule has 3 N–H and O–H groups in total. The predicted octanol–water partition coefficient (Wildman–Crippen LogP) is 0.573. The van der Waals surface area contributed by atoms with Gasteiger partial charge in [0.25, 0.3) is 0 Å². The van der Waals surface area contributed by atoms with Crippen molar-refractivity contribution in [3.8, 4) is 0 Å². The number of benzene rings is 1. The highest BCUT2D eigenvalue weighted by atomic mass is 32.2. The van der Waals surface area contributed by atoms with E-state index in [0.717, 1.165) is 18.2 Å². The Hall–Kier alpha value is -1.51. The normalized spacial score (nSPS) is 13.2. The van der Waals surface area contributed by atoms with Crippen molar-refractivity contribution in [2.24, 2.45) is 0 Å². The van der Waals surface area contributed by atoms with Crippen LogP contribution >= 0.6 is 0 Å². The number of aliphatic hydroxyl groups excluding tert-OH is 1. The number of sulfonamides is 1. The van der Waals surface area contributed by atoms with Crippen molar-refractivity contribution in [3.05, 3.63) is 29.6 Å². The Bertz CT molecular complexity index is 568. The van der Waals surface area contributed by atoms with Gasteiger partial charge < -0.3 is 10.2 Å². The third-order valence-electron chi connectivity index (χ3n) is 2.51. The van der Waals surface area contributed by atoms with Crippen molar-refractivity contribution in [3.63, 3.8) is 0 Å². The Morgan fingerprint density at radius 1 is 1.47 bits per heavy atom. The monoisotopic (exact) mass is 291 g/mol. The molecule has 0 aliphatic rings. The van der Waals surface area contributed by atoms with E-state index in [1.54, 1.807) is 6.92 Å². The smallest absolute Gasteiger partial charge is 0.338 e. The van der Waals surface area contributed by atoms with Crippen LogP contribution in [0.15, 0.2) is 23.1 Å². The summed E-state index contributed by atoms with van der Waals surface area (Å²) >= 11 is 0. The summed E-state index contributed by atoms with van der Waals surface area (Å²) in [6.07, 6.45) is 0.364. The van der Waals surface area contributed by atoms with Gasteiger partial charge in [0.2, 0.25) is 10.0 Å². The van der Waals surface area contributed by atoms with Gasteiger partial charge in [0.15, 0.2) is 0 Å². The molecule has 0 aliphatic carbocycles. The van der Waals surface area contributed by atoms with Crippen LogP contribution in [0.5, 0.6) is 0 Å². The Morgan fingerprint density at radius 2 is 2.11 bits per heavy atom. The molecular formula is C11H14FNO5S. The Labute approximate surface area is 109 Å². The largest absolute Gasteiger partial charge is 0.478 e. The molecule has 0 unspecified atom stereocenters. The first-order valence-corrected chi connectivity index (χ1v) is 6.96. The second kappa shape index (κ2) is 6.09. The molecule has 0 saturated heterocycles. The molecule has 1 atom stereocenters. The minimum Gasteiger partial charge on any atom is -0.478 e. The number of hydrogen-bond acceptors (Lipinski definition) is 4. The van der Waals surface area contributed by atoms with Crippen LogP contribution in [0.1, 0.15) is 23.7 Å².